The molecule has 0 aliphatic heterocycles. The maximum atomic E-state index is 12.1. The van der Waals surface area contributed by atoms with Crippen molar-refractivity contribution in [2.75, 3.05) is 26.9 Å². The Kier molecular flexibility index (Phi) is 9.11. The second-order valence-electron chi connectivity index (χ2n) is 6.58. The van der Waals surface area contributed by atoms with Gasteiger partial charge in [0.05, 0.1) is 18.1 Å². The standard InChI is InChI=1S/C21H28N2O5S/c1-17-5-9-19(10-6-17)28-14-3-4-21(24)22-16-18-7-11-20(12-8-18)29(25,26)23-13-15-27-2/h5-12,23H,3-4,13-16H2,1-2H3,(H,22,24). The molecule has 2 aromatic carbocycles. The molecule has 0 aliphatic rings. The summed E-state index contributed by atoms with van der Waals surface area (Å²) in [5.41, 5.74) is 2.00. The zero-order chi connectivity index (χ0) is 21.1. The van der Waals surface area contributed by atoms with Gasteiger partial charge in [-0.15, -0.1) is 0 Å². The van der Waals surface area contributed by atoms with Crippen molar-refractivity contribution in [3.63, 3.8) is 0 Å². The number of amides is 1. The van der Waals surface area contributed by atoms with Gasteiger partial charge in [0.1, 0.15) is 5.75 Å². The van der Waals surface area contributed by atoms with Crippen LogP contribution in [0.1, 0.15) is 24.0 Å². The summed E-state index contributed by atoms with van der Waals surface area (Å²) in [5, 5.41) is 2.83. The number of hydrogen-bond acceptors (Lipinski definition) is 5. The van der Waals surface area contributed by atoms with Crippen LogP contribution in [-0.2, 0) is 26.1 Å². The summed E-state index contributed by atoms with van der Waals surface area (Å²) in [6, 6.07) is 14.2. The second kappa shape index (κ2) is 11.5. The van der Waals surface area contributed by atoms with Gasteiger partial charge in [-0.2, -0.15) is 0 Å². The monoisotopic (exact) mass is 420 g/mol. The first-order valence-electron chi connectivity index (χ1n) is 9.44. The first-order valence-corrected chi connectivity index (χ1v) is 10.9. The lowest BCUT2D eigenvalue weighted by Gasteiger charge is -2.09. The van der Waals surface area contributed by atoms with Crippen LogP contribution >= 0.6 is 0 Å². The van der Waals surface area contributed by atoms with Crippen LogP contribution in [0.4, 0.5) is 0 Å². The van der Waals surface area contributed by atoms with Gasteiger partial charge in [-0.1, -0.05) is 29.8 Å². The Bertz CT molecular complexity index is 865. The number of aryl methyl sites for hydroxylation is 1. The molecule has 2 aromatic rings. The molecule has 29 heavy (non-hydrogen) atoms. The Morgan fingerprint density at radius 1 is 1.00 bits per heavy atom. The van der Waals surface area contributed by atoms with Crippen LogP contribution in [0.3, 0.4) is 0 Å². The lowest BCUT2D eigenvalue weighted by atomic mass is 10.2. The lowest BCUT2D eigenvalue weighted by molar-refractivity contribution is -0.121. The van der Waals surface area contributed by atoms with E-state index in [4.69, 9.17) is 9.47 Å². The third kappa shape index (κ3) is 8.23. The van der Waals surface area contributed by atoms with Crippen LogP contribution in [-0.4, -0.2) is 41.2 Å². The van der Waals surface area contributed by atoms with Crippen LogP contribution in [0, 0.1) is 6.92 Å². The van der Waals surface area contributed by atoms with E-state index in [0.29, 0.717) is 32.6 Å². The molecule has 0 radical (unpaired) electrons. The van der Waals surface area contributed by atoms with Crippen molar-refractivity contribution in [2.45, 2.75) is 31.2 Å². The van der Waals surface area contributed by atoms with Gasteiger partial charge in [0, 0.05) is 26.6 Å². The molecule has 0 heterocycles. The second-order valence-corrected chi connectivity index (χ2v) is 8.34. The van der Waals surface area contributed by atoms with Crippen LogP contribution in [0.2, 0.25) is 0 Å². The highest BCUT2D eigenvalue weighted by Gasteiger charge is 2.13. The third-order valence-electron chi connectivity index (χ3n) is 4.16. The van der Waals surface area contributed by atoms with Crippen molar-refractivity contribution in [1.29, 1.82) is 0 Å². The minimum atomic E-state index is -3.55. The molecule has 0 aliphatic carbocycles. The van der Waals surface area contributed by atoms with Crippen molar-refractivity contribution in [3.8, 4) is 5.75 Å². The van der Waals surface area contributed by atoms with Crippen molar-refractivity contribution in [3.05, 3.63) is 59.7 Å². The van der Waals surface area contributed by atoms with E-state index >= 15 is 0 Å². The Hall–Kier alpha value is -2.42. The molecule has 0 saturated heterocycles. The van der Waals surface area contributed by atoms with Gasteiger partial charge in [-0.3, -0.25) is 4.79 Å². The van der Waals surface area contributed by atoms with Gasteiger partial charge in [-0.05, 0) is 43.2 Å². The van der Waals surface area contributed by atoms with Crippen LogP contribution in [0.5, 0.6) is 5.75 Å². The molecule has 8 heteroatoms. The predicted molar refractivity (Wildman–Crippen MR) is 111 cm³/mol. The Morgan fingerprint density at radius 3 is 2.34 bits per heavy atom. The molecule has 158 valence electrons. The van der Waals surface area contributed by atoms with Crippen molar-refractivity contribution >= 4 is 15.9 Å². The topological polar surface area (TPSA) is 93.7 Å². The van der Waals surface area contributed by atoms with E-state index in [9.17, 15) is 13.2 Å². The van der Waals surface area contributed by atoms with E-state index in [1.165, 1.54) is 24.8 Å². The van der Waals surface area contributed by atoms with Gasteiger partial charge < -0.3 is 14.8 Å². The van der Waals surface area contributed by atoms with Crippen LogP contribution in [0.25, 0.3) is 0 Å². The minimum absolute atomic E-state index is 0.0737. The molecule has 1 amide bonds. The van der Waals surface area contributed by atoms with Crippen LogP contribution < -0.4 is 14.8 Å². The molecule has 2 N–H and O–H groups in total. The molecule has 0 bridgehead atoms. The fourth-order valence-corrected chi connectivity index (χ4v) is 3.51. The zero-order valence-corrected chi connectivity index (χ0v) is 17.6. The number of hydrogen-bond donors (Lipinski definition) is 2. The summed E-state index contributed by atoms with van der Waals surface area (Å²) in [6.45, 7) is 3.35. The molecular weight excluding hydrogens is 392 g/mol. The van der Waals surface area contributed by atoms with Crippen molar-refractivity contribution in [1.82, 2.24) is 10.0 Å². The maximum absolute atomic E-state index is 12.1. The molecule has 0 fully saturated rings. The van der Waals surface area contributed by atoms with Gasteiger partial charge in [0.25, 0.3) is 0 Å². The highest BCUT2D eigenvalue weighted by molar-refractivity contribution is 7.89. The Labute approximate surface area is 172 Å². The van der Waals surface area contributed by atoms with E-state index in [0.717, 1.165) is 11.3 Å². The number of benzene rings is 2. The quantitative estimate of drug-likeness (QED) is 0.514. The van der Waals surface area contributed by atoms with Crippen molar-refractivity contribution in [2.24, 2.45) is 0 Å². The average Bonchev–Trinajstić information content (AvgIpc) is 2.71. The van der Waals surface area contributed by atoms with Gasteiger partial charge in [0.15, 0.2) is 0 Å². The summed E-state index contributed by atoms with van der Waals surface area (Å²) in [4.78, 5) is 12.1. The predicted octanol–water partition coefficient (Wildman–Crippen LogP) is 2.40. The fraction of sp³-hybridized carbons (Fsp3) is 0.381. The lowest BCUT2D eigenvalue weighted by Crippen LogP contribution is -2.27. The van der Waals surface area contributed by atoms with E-state index in [1.54, 1.807) is 12.1 Å². The molecular formula is C21H28N2O5S. The number of ether oxygens (including phenoxy) is 2. The number of nitrogens with one attached hydrogen (secondary N) is 2. The summed E-state index contributed by atoms with van der Waals surface area (Å²) in [7, 11) is -2.04. The van der Waals surface area contributed by atoms with Crippen molar-refractivity contribution < 1.29 is 22.7 Å². The summed E-state index contributed by atoms with van der Waals surface area (Å²) in [6.07, 6.45) is 0.978. The first kappa shape index (κ1) is 22.9. The number of rotatable bonds is 12. The van der Waals surface area contributed by atoms with Gasteiger partial charge >= 0.3 is 0 Å². The van der Waals surface area contributed by atoms with E-state index < -0.39 is 10.0 Å². The maximum Gasteiger partial charge on any atom is 0.240 e. The largest absolute Gasteiger partial charge is 0.494 e. The number of sulfonamides is 1. The molecule has 7 nitrogen and oxygen atoms in total. The van der Waals surface area contributed by atoms with E-state index in [1.807, 2.05) is 31.2 Å². The Morgan fingerprint density at radius 2 is 1.69 bits per heavy atom. The molecule has 2 rings (SSSR count). The molecule has 0 spiro atoms. The van der Waals surface area contributed by atoms with Gasteiger partial charge in [-0.25, -0.2) is 13.1 Å². The normalized spacial score (nSPS) is 11.2. The molecule has 0 aromatic heterocycles. The summed E-state index contributed by atoms with van der Waals surface area (Å²) >= 11 is 0. The zero-order valence-electron chi connectivity index (χ0n) is 16.8. The number of methoxy groups -OCH3 is 1. The van der Waals surface area contributed by atoms with Gasteiger partial charge in [0.2, 0.25) is 15.9 Å². The molecule has 0 unspecified atom stereocenters. The third-order valence-corrected chi connectivity index (χ3v) is 5.64. The molecule has 0 atom stereocenters. The minimum Gasteiger partial charge on any atom is -0.494 e. The SMILES string of the molecule is COCCNS(=O)(=O)c1ccc(CNC(=O)CCCOc2ccc(C)cc2)cc1. The summed E-state index contributed by atoms with van der Waals surface area (Å²) in [5.74, 6) is 0.721. The average molecular weight is 421 g/mol. The number of carbonyl (C=O) groups is 1. The molecule has 0 saturated carbocycles. The number of carbonyl (C=O) groups excluding carboxylic acids is 1. The van der Waals surface area contributed by atoms with Crippen LogP contribution in [0.15, 0.2) is 53.4 Å². The Balaban J connectivity index is 1.69. The highest BCUT2D eigenvalue weighted by Crippen LogP contribution is 2.12. The fourth-order valence-electron chi connectivity index (χ4n) is 2.49. The summed E-state index contributed by atoms with van der Waals surface area (Å²) < 4.78 is 37.1. The highest BCUT2D eigenvalue weighted by atomic mass is 32.2. The van der Waals surface area contributed by atoms with E-state index in [-0.39, 0.29) is 17.3 Å². The smallest absolute Gasteiger partial charge is 0.240 e. The van der Waals surface area contributed by atoms with E-state index in [2.05, 4.69) is 10.0 Å². The first-order chi connectivity index (χ1) is 13.9.